The highest BCUT2D eigenvalue weighted by Gasteiger charge is 2.20. The Bertz CT molecular complexity index is 423. The number of hydrogen-bond donors (Lipinski definition) is 1. The zero-order valence-corrected chi connectivity index (χ0v) is 8.56. The highest BCUT2D eigenvalue weighted by molar-refractivity contribution is 7.85. The van der Waals surface area contributed by atoms with Crippen molar-refractivity contribution >= 4 is 34.0 Å². The molecule has 14 heavy (non-hydrogen) atoms. The molecule has 1 aliphatic rings. The van der Waals surface area contributed by atoms with Crippen molar-refractivity contribution in [1.82, 2.24) is 9.97 Å². The number of halogens is 1. The standard InChI is InChI=1S/C7H6ClN3O2S/c8-7-9-3-4-6(11-7)14(13)2-1-5(12)10-4/h3H,1-2H2,(H,10,12). The van der Waals surface area contributed by atoms with Gasteiger partial charge in [-0.2, -0.15) is 0 Å². The molecule has 0 radical (unpaired) electrons. The molecule has 1 amide bonds. The van der Waals surface area contributed by atoms with Crippen LogP contribution in [0.15, 0.2) is 11.2 Å². The van der Waals surface area contributed by atoms with E-state index in [-0.39, 0.29) is 23.4 Å². The molecule has 1 unspecified atom stereocenters. The van der Waals surface area contributed by atoms with Gasteiger partial charge in [0.05, 0.1) is 22.7 Å². The monoisotopic (exact) mass is 231 g/mol. The van der Waals surface area contributed by atoms with E-state index >= 15 is 0 Å². The molecule has 1 aromatic heterocycles. The van der Waals surface area contributed by atoms with Crippen molar-refractivity contribution in [2.24, 2.45) is 0 Å². The number of nitrogens with zero attached hydrogens (tertiary/aromatic N) is 2. The molecule has 2 rings (SSSR count). The molecule has 1 aromatic rings. The van der Waals surface area contributed by atoms with Gasteiger partial charge < -0.3 is 5.32 Å². The molecule has 1 N–H and O–H groups in total. The van der Waals surface area contributed by atoms with Gasteiger partial charge in [0.2, 0.25) is 11.2 Å². The second-order valence-electron chi connectivity index (χ2n) is 2.71. The molecule has 0 saturated heterocycles. The normalized spacial score (nSPS) is 20.9. The summed E-state index contributed by atoms with van der Waals surface area (Å²) >= 11 is 5.56. The Morgan fingerprint density at radius 3 is 3.14 bits per heavy atom. The molecule has 1 atom stereocenters. The summed E-state index contributed by atoms with van der Waals surface area (Å²) in [5, 5.41) is 2.90. The van der Waals surface area contributed by atoms with E-state index in [9.17, 15) is 9.00 Å². The maximum Gasteiger partial charge on any atom is 0.225 e. The highest BCUT2D eigenvalue weighted by atomic mass is 35.5. The number of hydrogen-bond acceptors (Lipinski definition) is 4. The molecule has 0 spiro atoms. The number of aromatic nitrogens is 2. The smallest absolute Gasteiger partial charge is 0.225 e. The van der Waals surface area contributed by atoms with Crippen molar-refractivity contribution in [1.29, 1.82) is 0 Å². The Morgan fingerprint density at radius 2 is 2.36 bits per heavy atom. The van der Waals surface area contributed by atoms with Crippen LogP contribution in [0.25, 0.3) is 0 Å². The number of anilines is 1. The topological polar surface area (TPSA) is 72.0 Å². The van der Waals surface area contributed by atoms with Gasteiger partial charge in [-0.15, -0.1) is 0 Å². The first-order chi connectivity index (χ1) is 6.66. The summed E-state index contributed by atoms with van der Waals surface area (Å²) in [5.74, 6) is 0.0923. The lowest BCUT2D eigenvalue weighted by atomic mass is 10.4. The van der Waals surface area contributed by atoms with Gasteiger partial charge in [0.15, 0.2) is 5.03 Å². The van der Waals surface area contributed by atoms with Crippen molar-refractivity contribution in [3.05, 3.63) is 11.5 Å². The largest absolute Gasteiger partial charge is 0.322 e. The first kappa shape index (κ1) is 9.54. The summed E-state index contributed by atoms with van der Waals surface area (Å²) in [6, 6.07) is 0. The lowest BCUT2D eigenvalue weighted by Crippen LogP contribution is -2.10. The SMILES string of the molecule is O=C1CCS(=O)c2nc(Cl)ncc2N1. The number of nitrogens with one attached hydrogen (secondary N) is 1. The minimum absolute atomic E-state index is 0.0354. The van der Waals surface area contributed by atoms with Crippen LogP contribution in [0, 0.1) is 0 Å². The fourth-order valence-electron chi connectivity index (χ4n) is 1.10. The molecular formula is C7H6ClN3O2S. The first-order valence-electron chi connectivity index (χ1n) is 3.87. The van der Waals surface area contributed by atoms with Crippen molar-refractivity contribution in [3.63, 3.8) is 0 Å². The van der Waals surface area contributed by atoms with Crippen LogP contribution in [0.1, 0.15) is 6.42 Å². The number of rotatable bonds is 0. The summed E-state index contributed by atoms with van der Waals surface area (Å²) in [6.07, 6.45) is 1.59. The van der Waals surface area contributed by atoms with Gasteiger partial charge in [-0.1, -0.05) is 0 Å². The van der Waals surface area contributed by atoms with Gasteiger partial charge >= 0.3 is 0 Å². The Hall–Kier alpha value is -1.01. The summed E-state index contributed by atoms with van der Waals surface area (Å²) in [7, 11) is -1.28. The third kappa shape index (κ3) is 1.76. The number of carbonyl (C=O) groups is 1. The van der Waals surface area contributed by atoms with Crippen molar-refractivity contribution in [3.8, 4) is 0 Å². The van der Waals surface area contributed by atoms with Crippen molar-refractivity contribution in [2.45, 2.75) is 11.4 Å². The van der Waals surface area contributed by atoms with Crippen LogP contribution in [0.3, 0.4) is 0 Å². The molecular weight excluding hydrogens is 226 g/mol. The third-order valence-corrected chi connectivity index (χ3v) is 3.23. The molecule has 1 aliphatic heterocycles. The minimum atomic E-state index is -1.28. The number of amides is 1. The second kappa shape index (κ2) is 3.62. The van der Waals surface area contributed by atoms with Crippen LogP contribution >= 0.6 is 11.6 Å². The van der Waals surface area contributed by atoms with Gasteiger partial charge in [-0.05, 0) is 11.6 Å². The van der Waals surface area contributed by atoms with E-state index < -0.39 is 10.8 Å². The van der Waals surface area contributed by atoms with E-state index in [1.165, 1.54) is 6.20 Å². The van der Waals surface area contributed by atoms with E-state index in [1.54, 1.807) is 0 Å². The molecule has 0 bridgehead atoms. The van der Waals surface area contributed by atoms with E-state index in [4.69, 9.17) is 11.6 Å². The van der Waals surface area contributed by atoms with Gasteiger partial charge in [0, 0.05) is 12.2 Å². The predicted molar refractivity (Wildman–Crippen MR) is 51.6 cm³/mol. The molecule has 0 fully saturated rings. The lowest BCUT2D eigenvalue weighted by Gasteiger charge is -2.03. The summed E-state index contributed by atoms with van der Waals surface area (Å²) in [4.78, 5) is 18.7. The first-order valence-corrected chi connectivity index (χ1v) is 5.57. The molecule has 2 heterocycles. The quantitative estimate of drug-likeness (QED) is 0.524. The lowest BCUT2D eigenvalue weighted by molar-refractivity contribution is -0.115. The van der Waals surface area contributed by atoms with Crippen LogP contribution in [0.5, 0.6) is 0 Å². The van der Waals surface area contributed by atoms with Crippen LogP contribution < -0.4 is 5.32 Å². The molecule has 74 valence electrons. The van der Waals surface area contributed by atoms with E-state index in [2.05, 4.69) is 15.3 Å². The molecule has 7 heteroatoms. The van der Waals surface area contributed by atoms with Crippen molar-refractivity contribution in [2.75, 3.05) is 11.1 Å². The number of carbonyl (C=O) groups excluding carboxylic acids is 1. The average Bonchev–Trinajstić information content (AvgIpc) is 2.29. The number of fused-ring (bicyclic) bond motifs is 1. The van der Waals surface area contributed by atoms with Gasteiger partial charge in [0.1, 0.15) is 0 Å². The summed E-state index contributed by atoms with van der Waals surface area (Å²) in [5.41, 5.74) is 0.384. The van der Waals surface area contributed by atoms with Crippen LogP contribution in [0.4, 0.5) is 5.69 Å². The van der Waals surface area contributed by atoms with Crippen LogP contribution in [-0.4, -0.2) is 25.8 Å². The summed E-state index contributed by atoms with van der Waals surface area (Å²) in [6.45, 7) is 0. The maximum absolute atomic E-state index is 11.6. The second-order valence-corrected chi connectivity index (χ2v) is 4.53. The zero-order valence-electron chi connectivity index (χ0n) is 6.99. The average molecular weight is 232 g/mol. The fourth-order valence-corrected chi connectivity index (χ4v) is 2.38. The van der Waals surface area contributed by atoms with Gasteiger partial charge in [-0.3, -0.25) is 9.00 Å². The zero-order chi connectivity index (χ0) is 10.1. The Balaban J connectivity index is 2.52. The predicted octanol–water partition coefficient (Wildman–Crippen LogP) is 0.580. The molecule has 0 saturated carbocycles. The van der Waals surface area contributed by atoms with E-state index in [0.29, 0.717) is 10.7 Å². The summed E-state index contributed by atoms with van der Waals surface area (Å²) < 4.78 is 11.6. The maximum atomic E-state index is 11.6. The van der Waals surface area contributed by atoms with E-state index in [1.807, 2.05) is 0 Å². The Labute approximate surface area is 87.3 Å². The Morgan fingerprint density at radius 1 is 1.57 bits per heavy atom. The molecule has 0 aliphatic carbocycles. The minimum Gasteiger partial charge on any atom is -0.322 e. The fraction of sp³-hybridized carbons (Fsp3) is 0.286. The Kier molecular flexibility index (Phi) is 2.47. The van der Waals surface area contributed by atoms with Gasteiger partial charge in [0.25, 0.3) is 0 Å². The van der Waals surface area contributed by atoms with Crippen molar-refractivity contribution < 1.29 is 9.00 Å². The third-order valence-electron chi connectivity index (χ3n) is 1.73. The van der Waals surface area contributed by atoms with E-state index in [0.717, 1.165) is 0 Å². The molecule has 5 nitrogen and oxygen atoms in total. The highest BCUT2D eigenvalue weighted by Crippen LogP contribution is 2.21. The molecule has 0 aromatic carbocycles. The van der Waals surface area contributed by atoms with Crippen LogP contribution in [-0.2, 0) is 15.6 Å². The van der Waals surface area contributed by atoms with Crippen LogP contribution in [0.2, 0.25) is 5.28 Å². The van der Waals surface area contributed by atoms with Gasteiger partial charge in [-0.25, -0.2) is 9.97 Å².